The lowest BCUT2D eigenvalue weighted by Crippen LogP contribution is -2.49. The molecule has 2 rings (SSSR count). The number of allylic oxidation sites excluding steroid dienone is 1. The summed E-state index contributed by atoms with van der Waals surface area (Å²) in [7, 11) is 0. The number of benzene rings is 1. The van der Waals surface area contributed by atoms with Gasteiger partial charge in [0.2, 0.25) is 5.91 Å². The first-order valence-corrected chi connectivity index (χ1v) is 6.98. The summed E-state index contributed by atoms with van der Waals surface area (Å²) >= 11 is 0. The molecule has 0 spiro atoms. The van der Waals surface area contributed by atoms with Crippen LogP contribution >= 0.6 is 0 Å². The fraction of sp³-hybridized carbons (Fsp3) is 0.438. The summed E-state index contributed by atoms with van der Waals surface area (Å²) in [4.78, 5) is 11.9. The number of carbonyl (C=O) groups excluding carboxylic acids is 1. The Morgan fingerprint density at radius 2 is 2.05 bits per heavy atom. The molecule has 1 aromatic carbocycles. The molecule has 2 unspecified atom stereocenters. The van der Waals surface area contributed by atoms with E-state index in [1.54, 1.807) is 6.08 Å². The number of halogens is 1. The number of hydrogen-bond acceptors (Lipinski definition) is 2. The van der Waals surface area contributed by atoms with Crippen LogP contribution in [0.4, 0.5) is 4.39 Å². The van der Waals surface area contributed by atoms with Crippen LogP contribution in [0.1, 0.15) is 31.7 Å². The SMILES string of the molecule is CC(C)=CC(=O)NC1CNCCC1c1ccc(F)cc1. The monoisotopic (exact) mass is 276 g/mol. The van der Waals surface area contributed by atoms with Crippen molar-refractivity contribution in [2.24, 2.45) is 0 Å². The Balaban J connectivity index is 2.11. The fourth-order valence-electron chi connectivity index (χ4n) is 2.61. The highest BCUT2D eigenvalue weighted by Crippen LogP contribution is 2.25. The molecule has 1 aromatic rings. The summed E-state index contributed by atoms with van der Waals surface area (Å²) in [6.07, 6.45) is 2.54. The van der Waals surface area contributed by atoms with E-state index >= 15 is 0 Å². The molecule has 108 valence electrons. The summed E-state index contributed by atoms with van der Waals surface area (Å²) in [5, 5.41) is 6.34. The van der Waals surface area contributed by atoms with Crippen molar-refractivity contribution in [2.45, 2.75) is 32.2 Å². The number of amides is 1. The summed E-state index contributed by atoms with van der Waals surface area (Å²) < 4.78 is 13.0. The summed E-state index contributed by atoms with van der Waals surface area (Å²) in [5.41, 5.74) is 2.06. The van der Waals surface area contributed by atoms with Crippen LogP contribution in [0, 0.1) is 5.82 Å². The van der Waals surface area contributed by atoms with Gasteiger partial charge in [-0.05, 0) is 44.5 Å². The van der Waals surface area contributed by atoms with E-state index in [0.29, 0.717) is 0 Å². The van der Waals surface area contributed by atoms with E-state index in [1.165, 1.54) is 12.1 Å². The molecule has 1 fully saturated rings. The normalized spacial score (nSPS) is 22.1. The molecule has 1 heterocycles. The van der Waals surface area contributed by atoms with Gasteiger partial charge in [-0.1, -0.05) is 17.7 Å². The van der Waals surface area contributed by atoms with Gasteiger partial charge in [0.1, 0.15) is 5.82 Å². The molecule has 1 saturated heterocycles. The maximum atomic E-state index is 13.0. The Bertz CT molecular complexity index is 492. The lowest BCUT2D eigenvalue weighted by atomic mass is 9.86. The zero-order valence-electron chi connectivity index (χ0n) is 11.9. The van der Waals surface area contributed by atoms with Crippen molar-refractivity contribution >= 4 is 5.91 Å². The molecular weight excluding hydrogens is 255 g/mol. The van der Waals surface area contributed by atoms with Crippen LogP contribution in [-0.4, -0.2) is 25.0 Å². The third-order valence-corrected chi connectivity index (χ3v) is 3.53. The van der Waals surface area contributed by atoms with Crippen LogP contribution in [-0.2, 0) is 4.79 Å². The highest BCUT2D eigenvalue weighted by Gasteiger charge is 2.27. The molecule has 0 saturated carbocycles. The number of nitrogens with one attached hydrogen (secondary N) is 2. The van der Waals surface area contributed by atoms with Gasteiger partial charge in [-0.25, -0.2) is 4.39 Å². The second kappa shape index (κ2) is 6.66. The molecule has 0 aliphatic carbocycles. The number of hydrogen-bond donors (Lipinski definition) is 2. The van der Waals surface area contributed by atoms with Gasteiger partial charge >= 0.3 is 0 Å². The van der Waals surface area contributed by atoms with Gasteiger partial charge < -0.3 is 10.6 Å². The first-order chi connectivity index (χ1) is 9.56. The predicted molar refractivity (Wildman–Crippen MR) is 78.0 cm³/mol. The van der Waals surface area contributed by atoms with Gasteiger partial charge in [-0.15, -0.1) is 0 Å². The third kappa shape index (κ3) is 3.90. The second-order valence-electron chi connectivity index (χ2n) is 5.49. The topological polar surface area (TPSA) is 41.1 Å². The van der Waals surface area contributed by atoms with Crippen LogP contribution in [0.5, 0.6) is 0 Å². The summed E-state index contributed by atoms with van der Waals surface area (Å²) in [5.74, 6) is -0.0648. The van der Waals surface area contributed by atoms with E-state index < -0.39 is 0 Å². The van der Waals surface area contributed by atoms with E-state index in [2.05, 4.69) is 10.6 Å². The first-order valence-electron chi connectivity index (χ1n) is 6.98. The highest BCUT2D eigenvalue weighted by atomic mass is 19.1. The summed E-state index contributed by atoms with van der Waals surface area (Å²) in [6.45, 7) is 5.45. The van der Waals surface area contributed by atoms with Gasteiger partial charge in [0.15, 0.2) is 0 Å². The summed E-state index contributed by atoms with van der Waals surface area (Å²) in [6, 6.07) is 6.62. The lowest BCUT2D eigenvalue weighted by molar-refractivity contribution is -0.117. The minimum atomic E-state index is -0.229. The average Bonchev–Trinajstić information content (AvgIpc) is 2.39. The van der Waals surface area contributed by atoms with Gasteiger partial charge in [-0.3, -0.25) is 4.79 Å². The van der Waals surface area contributed by atoms with Crippen molar-refractivity contribution in [3.05, 3.63) is 47.3 Å². The Kier molecular flexibility index (Phi) is 4.90. The van der Waals surface area contributed by atoms with E-state index in [1.807, 2.05) is 26.0 Å². The largest absolute Gasteiger partial charge is 0.348 e. The van der Waals surface area contributed by atoms with Crippen molar-refractivity contribution < 1.29 is 9.18 Å². The quantitative estimate of drug-likeness (QED) is 0.832. The lowest BCUT2D eigenvalue weighted by Gasteiger charge is -2.33. The molecular formula is C16H21FN2O. The number of piperidine rings is 1. The minimum Gasteiger partial charge on any atom is -0.348 e. The van der Waals surface area contributed by atoms with E-state index in [0.717, 1.165) is 30.6 Å². The van der Waals surface area contributed by atoms with Gasteiger partial charge in [-0.2, -0.15) is 0 Å². The van der Waals surface area contributed by atoms with Crippen LogP contribution in [0.15, 0.2) is 35.9 Å². The zero-order chi connectivity index (χ0) is 14.5. The Labute approximate surface area is 119 Å². The Hall–Kier alpha value is -1.68. The molecule has 2 atom stereocenters. The molecule has 1 aliphatic heterocycles. The predicted octanol–water partition coefficient (Wildman–Crippen LogP) is 2.35. The zero-order valence-corrected chi connectivity index (χ0v) is 11.9. The maximum absolute atomic E-state index is 13.0. The van der Waals surface area contributed by atoms with Gasteiger partial charge in [0.25, 0.3) is 0 Å². The first kappa shape index (κ1) is 14.7. The van der Waals surface area contributed by atoms with Crippen molar-refractivity contribution in [3.63, 3.8) is 0 Å². The second-order valence-corrected chi connectivity index (χ2v) is 5.49. The highest BCUT2D eigenvalue weighted by molar-refractivity contribution is 5.88. The molecule has 4 heteroatoms. The average molecular weight is 276 g/mol. The molecule has 1 aliphatic rings. The number of carbonyl (C=O) groups is 1. The van der Waals surface area contributed by atoms with Gasteiger partial charge in [0, 0.05) is 24.6 Å². The maximum Gasteiger partial charge on any atom is 0.244 e. The smallest absolute Gasteiger partial charge is 0.244 e. The molecule has 1 amide bonds. The minimum absolute atomic E-state index is 0.0392. The number of rotatable bonds is 3. The van der Waals surface area contributed by atoms with Gasteiger partial charge in [0.05, 0.1) is 0 Å². The molecule has 20 heavy (non-hydrogen) atoms. The van der Waals surface area contributed by atoms with Crippen LogP contribution in [0.3, 0.4) is 0 Å². The molecule has 0 bridgehead atoms. The Morgan fingerprint density at radius 3 is 2.70 bits per heavy atom. The van der Waals surface area contributed by atoms with Crippen LogP contribution in [0.25, 0.3) is 0 Å². The molecule has 0 radical (unpaired) electrons. The van der Waals surface area contributed by atoms with Crippen molar-refractivity contribution in [1.82, 2.24) is 10.6 Å². The molecule has 2 N–H and O–H groups in total. The van der Waals surface area contributed by atoms with Crippen LogP contribution in [0.2, 0.25) is 0 Å². The van der Waals surface area contributed by atoms with Crippen LogP contribution < -0.4 is 10.6 Å². The molecule has 0 aromatic heterocycles. The van der Waals surface area contributed by atoms with E-state index in [-0.39, 0.29) is 23.7 Å². The third-order valence-electron chi connectivity index (χ3n) is 3.53. The van der Waals surface area contributed by atoms with E-state index in [4.69, 9.17) is 0 Å². The van der Waals surface area contributed by atoms with Crippen molar-refractivity contribution in [2.75, 3.05) is 13.1 Å². The van der Waals surface area contributed by atoms with E-state index in [9.17, 15) is 9.18 Å². The standard InChI is InChI=1S/C16H21FN2O/c1-11(2)9-16(20)19-15-10-18-8-7-14(15)12-3-5-13(17)6-4-12/h3-6,9,14-15,18H,7-8,10H2,1-2H3,(H,19,20). The molecule has 3 nitrogen and oxygen atoms in total. The van der Waals surface area contributed by atoms with Crippen molar-refractivity contribution in [1.29, 1.82) is 0 Å². The fourth-order valence-corrected chi connectivity index (χ4v) is 2.61. The van der Waals surface area contributed by atoms with Crippen molar-refractivity contribution in [3.8, 4) is 0 Å². The Morgan fingerprint density at radius 1 is 1.35 bits per heavy atom.